The minimum Gasteiger partial charge on any atom is -0.399 e. The summed E-state index contributed by atoms with van der Waals surface area (Å²) in [6.07, 6.45) is 1.11. The van der Waals surface area contributed by atoms with Gasteiger partial charge in [-0.1, -0.05) is 35.9 Å². The molecule has 0 radical (unpaired) electrons. The molecule has 1 heterocycles. The van der Waals surface area contributed by atoms with Crippen molar-refractivity contribution >= 4 is 5.69 Å². The second-order valence-corrected chi connectivity index (χ2v) is 5.01. The largest absolute Gasteiger partial charge is 0.399 e. The zero-order valence-corrected chi connectivity index (χ0v) is 10.6. The highest BCUT2D eigenvalue weighted by Crippen LogP contribution is 2.30. The molecule has 3 N–H and O–H groups in total. The summed E-state index contributed by atoms with van der Waals surface area (Å²) in [6.45, 7) is 3.17. The Morgan fingerprint density at radius 2 is 2.06 bits per heavy atom. The molecule has 0 spiro atoms. The molecular weight excluding hydrogens is 220 g/mol. The quantitative estimate of drug-likeness (QED) is 0.750. The Balaban J connectivity index is 2.08. The fourth-order valence-corrected chi connectivity index (χ4v) is 2.71. The molecule has 3 rings (SSSR count). The molecule has 1 atom stereocenters. The van der Waals surface area contributed by atoms with Crippen LogP contribution in [0.5, 0.6) is 0 Å². The SMILES string of the molecule is Cc1ccc2c(c1)C(c1cccc(N)c1)NCC2. The molecule has 0 aromatic heterocycles. The van der Waals surface area contributed by atoms with Gasteiger partial charge in [0.05, 0.1) is 6.04 Å². The third kappa shape index (κ3) is 2.00. The number of rotatable bonds is 1. The van der Waals surface area contributed by atoms with Gasteiger partial charge >= 0.3 is 0 Å². The molecule has 0 aliphatic carbocycles. The molecule has 2 nitrogen and oxygen atoms in total. The van der Waals surface area contributed by atoms with Crippen LogP contribution in [0.3, 0.4) is 0 Å². The highest BCUT2D eigenvalue weighted by molar-refractivity contribution is 5.47. The lowest BCUT2D eigenvalue weighted by Crippen LogP contribution is -2.30. The van der Waals surface area contributed by atoms with Crippen LogP contribution >= 0.6 is 0 Å². The first kappa shape index (κ1) is 11.3. The molecule has 0 fully saturated rings. The summed E-state index contributed by atoms with van der Waals surface area (Å²) in [5, 5.41) is 3.59. The Bertz CT molecular complexity index is 575. The molecule has 2 aromatic carbocycles. The van der Waals surface area contributed by atoms with Crippen LogP contribution < -0.4 is 11.1 Å². The van der Waals surface area contributed by atoms with Crippen molar-refractivity contribution in [3.8, 4) is 0 Å². The molecule has 92 valence electrons. The average molecular weight is 238 g/mol. The Kier molecular flexibility index (Phi) is 2.80. The average Bonchev–Trinajstić information content (AvgIpc) is 2.38. The first-order valence-corrected chi connectivity index (χ1v) is 6.42. The van der Waals surface area contributed by atoms with Gasteiger partial charge in [0.2, 0.25) is 0 Å². The number of hydrogen-bond donors (Lipinski definition) is 2. The van der Waals surface area contributed by atoms with Crippen molar-refractivity contribution in [2.75, 3.05) is 12.3 Å². The molecule has 0 amide bonds. The standard InChI is InChI=1S/C16H18N2/c1-11-5-6-12-7-8-18-16(15(12)9-11)13-3-2-4-14(17)10-13/h2-6,9-10,16,18H,7-8,17H2,1H3. The lowest BCUT2D eigenvalue weighted by molar-refractivity contribution is 0.567. The highest BCUT2D eigenvalue weighted by Gasteiger charge is 2.21. The van der Waals surface area contributed by atoms with Gasteiger partial charge in [-0.25, -0.2) is 0 Å². The number of nitrogens with two attached hydrogens (primary N) is 1. The van der Waals surface area contributed by atoms with Gasteiger partial charge in [-0.15, -0.1) is 0 Å². The molecule has 0 bridgehead atoms. The van der Waals surface area contributed by atoms with Crippen molar-refractivity contribution in [2.24, 2.45) is 0 Å². The van der Waals surface area contributed by atoms with Gasteiger partial charge in [0, 0.05) is 12.2 Å². The summed E-state index contributed by atoms with van der Waals surface area (Å²) in [5.74, 6) is 0. The molecule has 2 heteroatoms. The fraction of sp³-hybridized carbons (Fsp3) is 0.250. The number of hydrogen-bond acceptors (Lipinski definition) is 2. The molecule has 2 aromatic rings. The molecule has 0 saturated carbocycles. The minimum absolute atomic E-state index is 0.275. The Hall–Kier alpha value is -1.80. The molecule has 0 saturated heterocycles. The van der Waals surface area contributed by atoms with E-state index in [1.165, 1.54) is 22.3 Å². The van der Waals surface area contributed by atoms with E-state index in [0.717, 1.165) is 18.7 Å². The summed E-state index contributed by atoms with van der Waals surface area (Å²) in [7, 11) is 0. The monoisotopic (exact) mass is 238 g/mol. The number of aryl methyl sites for hydroxylation is 1. The van der Waals surface area contributed by atoms with Crippen molar-refractivity contribution in [1.82, 2.24) is 5.32 Å². The lowest BCUT2D eigenvalue weighted by atomic mass is 9.88. The van der Waals surface area contributed by atoms with Gasteiger partial charge in [0.25, 0.3) is 0 Å². The summed E-state index contributed by atoms with van der Waals surface area (Å²) in [4.78, 5) is 0. The molecule has 1 aliphatic heterocycles. The second-order valence-electron chi connectivity index (χ2n) is 5.01. The van der Waals surface area contributed by atoms with Crippen molar-refractivity contribution in [3.05, 3.63) is 64.7 Å². The van der Waals surface area contributed by atoms with Crippen LogP contribution in [0, 0.1) is 6.92 Å². The van der Waals surface area contributed by atoms with Crippen LogP contribution in [-0.2, 0) is 6.42 Å². The van der Waals surface area contributed by atoms with Gasteiger partial charge in [0.1, 0.15) is 0 Å². The van der Waals surface area contributed by atoms with Crippen molar-refractivity contribution < 1.29 is 0 Å². The normalized spacial score (nSPS) is 18.4. The van der Waals surface area contributed by atoms with Crippen LogP contribution in [0.2, 0.25) is 0 Å². The van der Waals surface area contributed by atoms with E-state index in [4.69, 9.17) is 5.73 Å². The van der Waals surface area contributed by atoms with E-state index in [0.29, 0.717) is 0 Å². The number of anilines is 1. The summed E-state index contributed by atoms with van der Waals surface area (Å²) < 4.78 is 0. The zero-order valence-electron chi connectivity index (χ0n) is 10.6. The Morgan fingerprint density at radius 3 is 2.89 bits per heavy atom. The van der Waals surface area contributed by atoms with Crippen LogP contribution in [0.4, 0.5) is 5.69 Å². The second kappa shape index (κ2) is 4.46. The van der Waals surface area contributed by atoms with Gasteiger partial charge in [-0.3, -0.25) is 0 Å². The maximum Gasteiger partial charge on any atom is 0.0580 e. The van der Waals surface area contributed by atoms with E-state index < -0.39 is 0 Å². The van der Waals surface area contributed by atoms with Gasteiger partial charge < -0.3 is 11.1 Å². The number of fused-ring (bicyclic) bond motifs is 1. The fourth-order valence-electron chi connectivity index (χ4n) is 2.71. The van der Waals surface area contributed by atoms with E-state index in [1.807, 2.05) is 12.1 Å². The van der Waals surface area contributed by atoms with Gasteiger partial charge in [-0.2, -0.15) is 0 Å². The van der Waals surface area contributed by atoms with Crippen molar-refractivity contribution in [2.45, 2.75) is 19.4 Å². The maximum atomic E-state index is 5.89. The highest BCUT2D eigenvalue weighted by atomic mass is 14.9. The first-order valence-electron chi connectivity index (χ1n) is 6.42. The zero-order chi connectivity index (χ0) is 12.5. The Morgan fingerprint density at radius 1 is 1.17 bits per heavy atom. The summed E-state index contributed by atoms with van der Waals surface area (Å²) in [5.41, 5.74) is 12.1. The maximum absolute atomic E-state index is 5.89. The van der Waals surface area contributed by atoms with Crippen molar-refractivity contribution in [3.63, 3.8) is 0 Å². The molecular formula is C16H18N2. The van der Waals surface area contributed by atoms with Crippen LogP contribution in [0.25, 0.3) is 0 Å². The van der Waals surface area contributed by atoms with Crippen molar-refractivity contribution in [1.29, 1.82) is 0 Å². The third-order valence-corrected chi connectivity index (χ3v) is 3.60. The van der Waals surface area contributed by atoms with E-state index in [2.05, 4.69) is 42.6 Å². The number of nitrogens with one attached hydrogen (secondary N) is 1. The van der Waals surface area contributed by atoms with Gasteiger partial charge in [0.15, 0.2) is 0 Å². The van der Waals surface area contributed by atoms with E-state index in [-0.39, 0.29) is 6.04 Å². The predicted molar refractivity (Wildman–Crippen MR) is 75.6 cm³/mol. The van der Waals surface area contributed by atoms with Crippen LogP contribution in [0.1, 0.15) is 28.3 Å². The summed E-state index contributed by atoms with van der Waals surface area (Å²) in [6, 6.07) is 15.2. The topological polar surface area (TPSA) is 38.0 Å². The first-order chi connectivity index (χ1) is 8.74. The summed E-state index contributed by atoms with van der Waals surface area (Å²) >= 11 is 0. The van der Waals surface area contributed by atoms with E-state index >= 15 is 0 Å². The smallest absolute Gasteiger partial charge is 0.0580 e. The minimum atomic E-state index is 0.275. The molecule has 1 aliphatic rings. The van der Waals surface area contributed by atoms with E-state index in [9.17, 15) is 0 Å². The number of benzene rings is 2. The van der Waals surface area contributed by atoms with E-state index in [1.54, 1.807) is 0 Å². The van der Waals surface area contributed by atoms with Gasteiger partial charge in [-0.05, 0) is 42.2 Å². The number of nitrogen functional groups attached to an aromatic ring is 1. The Labute approximate surface area is 108 Å². The lowest BCUT2D eigenvalue weighted by Gasteiger charge is -2.28. The van der Waals surface area contributed by atoms with Crippen LogP contribution in [-0.4, -0.2) is 6.54 Å². The van der Waals surface area contributed by atoms with Crippen LogP contribution in [0.15, 0.2) is 42.5 Å². The third-order valence-electron chi connectivity index (χ3n) is 3.60. The molecule has 1 unspecified atom stereocenters. The predicted octanol–water partition coefficient (Wildman–Crippen LogP) is 2.81. The molecule has 18 heavy (non-hydrogen) atoms.